The average molecular weight is 356 g/mol. The van der Waals surface area contributed by atoms with Gasteiger partial charge in [0, 0.05) is 12.3 Å². The van der Waals surface area contributed by atoms with Crippen LogP contribution in [0.25, 0.3) is 0 Å². The van der Waals surface area contributed by atoms with E-state index in [1.54, 1.807) is 37.4 Å². The van der Waals surface area contributed by atoms with Gasteiger partial charge in [0.2, 0.25) is 5.89 Å². The summed E-state index contributed by atoms with van der Waals surface area (Å²) in [4.78, 5) is 28.5. The molecule has 0 bridgehead atoms. The van der Waals surface area contributed by atoms with Crippen LogP contribution in [0.5, 0.6) is 0 Å². The minimum absolute atomic E-state index is 0.0520. The Morgan fingerprint density at radius 1 is 1.27 bits per heavy atom. The van der Waals surface area contributed by atoms with Gasteiger partial charge in [-0.3, -0.25) is 9.59 Å². The van der Waals surface area contributed by atoms with E-state index in [1.807, 2.05) is 13.8 Å². The van der Waals surface area contributed by atoms with Crippen LogP contribution in [0.3, 0.4) is 0 Å². The topological polar surface area (TPSA) is 103 Å². The first-order valence-corrected chi connectivity index (χ1v) is 8.29. The number of amides is 1. The van der Waals surface area contributed by atoms with Gasteiger partial charge in [-0.15, -0.1) is 0 Å². The molecule has 1 amide bonds. The quantitative estimate of drug-likeness (QED) is 0.727. The van der Waals surface area contributed by atoms with Crippen molar-refractivity contribution in [2.75, 3.05) is 0 Å². The Bertz CT molecular complexity index is 954. The summed E-state index contributed by atoms with van der Waals surface area (Å²) in [5.74, 6) is 1.20. The number of hydrogen-bond acceptors (Lipinski definition) is 6. The fourth-order valence-electron chi connectivity index (χ4n) is 2.51. The number of rotatable bonds is 6. The second-order valence-corrected chi connectivity index (χ2v) is 6.31. The van der Waals surface area contributed by atoms with Crippen LogP contribution in [-0.4, -0.2) is 20.6 Å². The minimum atomic E-state index is -0.422. The van der Waals surface area contributed by atoms with Gasteiger partial charge in [0.25, 0.3) is 11.5 Å². The van der Waals surface area contributed by atoms with Gasteiger partial charge in [-0.2, -0.15) is 4.98 Å². The number of carbonyl (C=O) groups is 1. The fourth-order valence-corrected chi connectivity index (χ4v) is 2.51. The van der Waals surface area contributed by atoms with Gasteiger partial charge in [-0.1, -0.05) is 25.1 Å². The summed E-state index contributed by atoms with van der Waals surface area (Å²) in [6, 6.07) is 7.73. The number of furan rings is 1. The number of aryl methyl sites for hydroxylation is 1. The summed E-state index contributed by atoms with van der Waals surface area (Å²) in [6.45, 7) is 5.86. The summed E-state index contributed by atoms with van der Waals surface area (Å²) in [6.07, 6.45) is 1.66. The second-order valence-electron chi connectivity index (χ2n) is 6.31. The number of aromatic nitrogens is 3. The van der Waals surface area contributed by atoms with Gasteiger partial charge in [-0.25, -0.2) is 0 Å². The van der Waals surface area contributed by atoms with Crippen molar-refractivity contribution in [2.24, 2.45) is 5.92 Å². The molecule has 0 aromatic carbocycles. The molecule has 1 atom stereocenters. The maximum atomic E-state index is 12.5. The molecule has 1 N–H and O–H groups in total. The summed E-state index contributed by atoms with van der Waals surface area (Å²) in [7, 11) is 0. The largest absolute Gasteiger partial charge is 0.454 e. The lowest BCUT2D eigenvalue weighted by Gasteiger charge is -2.17. The third kappa shape index (κ3) is 3.90. The molecule has 3 rings (SSSR count). The Kier molecular flexibility index (Phi) is 5.01. The smallest absolute Gasteiger partial charge is 0.287 e. The van der Waals surface area contributed by atoms with Gasteiger partial charge in [0.05, 0.1) is 6.54 Å². The number of carbonyl (C=O) groups excluding carboxylic acids is 1. The van der Waals surface area contributed by atoms with Crippen LogP contribution in [0.2, 0.25) is 0 Å². The lowest BCUT2D eigenvalue weighted by molar-refractivity contribution is 0.0883. The van der Waals surface area contributed by atoms with E-state index in [1.165, 1.54) is 10.6 Å². The molecule has 0 aliphatic rings. The Labute approximate surface area is 149 Å². The summed E-state index contributed by atoms with van der Waals surface area (Å²) < 4.78 is 12.3. The molecule has 0 saturated carbocycles. The monoisotopic (exact) mass is 356 g/mol. The van der Waals surface area contributed by atoms with Crippen LogP contribution in [0.1, 0.15) is 47.9 Å². The van der Waals surface area contributed by atoms with Crippen molar-refractivity contribution in [2.45, 2.75) is 33.4 Å². The van der Waals surface area contributed by atoms with Gasteiger partial charge in [0.15, 0.2) is 11.6 Å². The zero-order chi connectivity index (χ0) is 18.7. The molecular formula is C18H20N4O4. The van der Waals surface area contributed by atoms with Crippen LogP contribution in [-0.2, 0) is 6.54 Å². The van der Waals surface area contributed by atoms with E-state index in [0.717, 1.165) is 0 Å². The molecule has 1 unspecified atom stereocenters. The van der Waals surface area contributed by atoms with Crippen LogP contribution >= 0.6 is 0 Å². The molecule has 8 heteroatoms. The van der Waals surface area contributed by atoms with E-state index in [4.69, 9.17) is 8.94 Å². The lowest BCUT2D eigenvalue weighted by Crippen LogP contribution is -2.31. The SMILES string of the molecule is Cc1noc(C(NC(=O)c2ccc(Cn3ccccc3=O)o2)C(C)C)n1. The summed E-state index contributed by atoms with van der Waals surface area (Å²) in [5, 5.41) is 6.62. The van der Waals surface area contributed by atoms with Gasteiger partial charge in [0.1, 0.15) is 11.8 Å². The average Bonchev–Trinajstić information content (AvgIpc) is 3.23. The zero-order valence-corrected chi connectivity index (χ0v) is 14.8. The van der Waals surface area contributed by atoms with Crippen LogP contribution in [0.4, 0.5) is 0 Å². The van der Waals surface area contributed by atoms with E-state index in [-0.39, 0.29) is 29.7 Å². The molecule has 3 aromatic rings. The third-order valence-electron chi connectivity index (χ3n) is 3.87. The molecule has 136 valence electrons. The van der Waals surface area contributed by atoms with Gasteiger partial charge < -0.3 is 18.8 Å². The highest BCUT2D eigenvalue weighted by Gasteiger charge is 2.25. The van der Waals surface area contributed by atoms with Crippen molar-refractivity contribution in [3.05, 3.63) is 70.1 Å². The van der Waals surface area contributed by atoms with Crippen molar-refractivity contribution >= 4 is 5.91 Å². The van der Waals surface area contributed by atoms with Crippen molar-refractivity contribution in [1.82, 2.24) is 20.0 Å². The van der Waals surface area contributed by atoms with Gasteiger partial charge in [-0.05, 0) is 31.0 Å². The molecule has 0 aliphatic heterocycles. The number of nitrogens with one attached hydrogen (secondary N) is 1. The molecular weight excluding hydrogens is 336 g/mol. The van der Waals surface area contributed by atoms with Crippen LogP contribution in [0.15, 0.2) is 50.3 Å². The zero-order valence-electron chi connectivity index (χ0n) is 14.8. The van der Waals surface area contributed by atoms with E-state index in [9.17, 15) is 9.59 Å². The highest BCUT2D eigenvalue weighted by atomic mass is 16.5. The Morgan fingerprint density at radius 2 is 2.08 bits per heavy atom. The van der Waals surface area contributed by atoms with Gasteiger partial charge >= 0.3 is 0 Å². The molecule has 3 aromatic heterocycles. The Hall–Kier alpha value is -3.16. The first-order valence-electron chi connectivity index (χ1n) is 8.29. The highest BCUT2D eigenvalue weighted by Crippen LogP contribution is 2.21. The first kappa shape index (κ1) is 17.7. The summed E-state index contributed by atoms with van der Waals surface area (Å²) >= 11 is 0. The Morgan fingerprint density at radius 3 is 2.73 bits per heavy atom. The molecule has 0 radical (unpaired) electrons. The Balaban J connectivity index is 1.73. The predicted molar refractivity (Wildman–Crippen MR) is 92.6 cm³/mol. The van der Waals surface area contributed by atoms with Crippen molar-refractivity contribution in [3.8, 4) is 0 Å². The summed E-state index contributed by atoms with van der Waals surface area (Å²) in [5.41, 5.74) is -0.137. The van der Waals surface area contributed by atoms with Crippen molar-refractivity contribution in [3.63, 3.8) is 0 Å². The van der Waals surface area contributed by atoms with E-state index in [0.29, 0.717) is 17.5 Å². The highest BCUT2D eigenvalue weighted by molar-refractivity contribution is 5.91. The van der Waals surface area contributed by atoms with Crippen molar-refractivity contribution in [1.29, 1.82) is 0 Å². The molecule has 0 aliphatic carbocycles. The van der Waals surface area contributed by atoms with Crippen molar-refractivity contribution < 1.29 is 13.7 Å². The first-order chi connectivity index (χ1) is 12.4. The molecule has 8 nitrogen and oxygen atoms in total. The molecule has 0 fully saturated rings. The maximum Gasteiger partial charge on any atom is 0.287 e. The number of nitrogens with zero attached hydrogens (tertiary/aromatic N) is 3. The van der Waals surface area contributed by atoms with E-state index in [2.05, 4.69) is 15.5 Å². The third-order valence-corrected chi connectivity index (χ3v) is 3.87. The maximum absolute atomic E-state index is 12.5. The van der Waals surface area contributed by atoms with E-state index >= 15 is 0 Å². The lowest BCUT2D eigenvalue weighted by atomic mass is 10.0. The van der Waals surface area contributed by atoms with Crippen LogP contribution < -0.4 is 10.9 Å². The van der Waals surface area contributed by atoms with E-state index < -0.39 is 6.04 Å². The molecule has 3 heterocycles. The number of pyridine rings is 1. The molecule has 0 spiro atoms. The number of hydrogen-bond donors (Lipinski definition) is 1. The normalized spacial score (nSPS) is 12.3. The fraction of sp³-hybridized carbons (Fsp3) is 0.333. The standard InChI is InChI=1S/C18H20N4O4/c1-11(2)16(18-19-12(3)21-26-18)20-17(24)14-8-7-13(25-14)10-22-9-5-4-6-15(22)23/h4-9,11,16H,10H2,1-3H3,(H,20,24). The molecule has 26 heavy (non-hydrogen) atoms. The molecule has 0 saturated heterocycles. The second kappa shape index (κ2) is 7.38. The predicted octanol–water partition coefficient (Wildman–Crippen LogP) is 2.31. The minimum Gasteiger partial charge on any atom is -0.454 e. The van der Waals surface area contributed by atoms with Crippen LogP contribution in [0, 0.1) is 12.8 Å².